The number of Topliss-reactive ketones (excluding diaryl/α,β-unsaturated/α-hetero) is 1. The van der Waals surface area contributed by atoms with Crippen molar-refractivity contribution in [2.24, 2.45) is 5.73 Å². The quantitative estimate of drug-likeness (QED) is 0.697. The fraction of sp³-hybridized carbons (Fsp3) is 0.308. The third-order valence-corrected chi connectivity index (χ3v) is 2.53. The molecule has 0 unspecified atom stereocenters. The Kier molecular flexibility index (Phi) is 2.84. The molecular formula is C13H13NO. The molecule has 1 aromatic carbocycles. The van der Waals surface area contributed by atoms with E-state index in [1.165, 1.54) is 0 Å². The molecule has 2 heteroatoms. The number of fused-ring (bicyclic) bond motifs is 1. The maximum absolute atomic E-state index is 11.5. The van der Waals surface area contributed by atoms with Gasteiger partial charge in [0.2, 0.25) is 0 Å². The largest absolute Gasteiger partial charge is 0.330 e. The van der Waals surface area contributed by atoms with Gasteiger partial charge in [-0.15, -0.1) is 0 Å². The number of rotatable bonds is 1. The second kappa shape index (κ2) is 4.29. The van der Waals surface area contributed by atoms with E-state index >= 15 is 0 Å². The summed E-state index contributed by atoms with van der Waals surface area (Å²) < 4.78 is 0. The minimum Gasteiger partial charge on any atom is -0.330 e. The first kappa shape index (κ1) is 9.95. The summed E-state index contributed by atoms with van der Waals surface area (Å²) in [6.45, 7) is 0.580. The predicted molar refractivity (Wildman–Crippen MR) is 59.6 cm³/mol. The molecule has 2 nitrogen and oxygen atoms in total. The molecule has 0 aromatic heterocycles. The summed E-state index contributed by atoms with van der Waals surface area (Å²) >= 11 is 0. The number of benzene rings is 1. The highest BCUT2D eigenvalue weighted by atomic mass is 16.1. The van der Waals surface area contributed by atoms with Crippen molar-refractivity contribution in [1.29, 1.82) is 0 Å². The minimum absolute atomic E-state index is 0.243. The Hall–Kier alpha value is -1.59. The normalized spacial score (nSPS) is 13.3. The number of hydrogen-bond acceptors (Lipinski definition) is 2. The fourth-order valence-corrected chi connectivity index (χ4v) is 1.75. The third-order valence-electron chi connectivity index (χ3n) is 2.53. The topological polar surface area (TPSA) is 43.1 Å². The van der Waals surface area contributed by atoms with Gasteiger partial charge in [0.05, 0.1) is 0 Å². The van der Waals surface area contributed by atoms with Crippen LogP contribution in [-0.2, 0) is 6.42 Å². The van der Waals surface area contributed by atoms with Gasteiger partial charge in [-0.25, -0.2) is 0 Å². The number of aryl methyl sites for hydroxylation is 1. The van der Waals surface area contributed by atoms with Gasteiger partial charge in [-0.3, -0.25) is 4.79 Å². The van der Waals surface area contributed by atoms with Crippen molar-refractivity contribution in [3.63, 3.8) is 0 Å². The van der Waals surface area contributed by atoms with Gasteiger partial charge >= 0.3 is 0 Å². The maximum atomic E-state index is 11.5. The summed E-state index contributed by atoms with van der Waals surface area (Å²) in [7, 11) is 0. The lowest BCUT2D eigenvalue weighted by atomic mass is 10.1. The molecule has 1 aromatic rings. The molecule has 1 aliphatic rings. The van der Waals surface area contributed by atoms with E-state index in [-0.39, 0.29) is 5.78 Å². The van der Waals surface area contributed by atoms with E-state index < -0.39 is 0 Å². The Balaban J connectivity index is 2.27. The molecule has 0 spiro atoms. The Labute approximate surface area is 89.5 Å². The molecule has 0 heterocycles. The first-order chi connectivity index (χ1) is 7.31. The minimum atomic E-state index is 0.243. The van der Waals surface area contributed by atoms with E-state index in [2.05, 4.69) is 11.8 Å². The number of nitrogens with two attached hydrogens (primary N) is 1. The van der Waals surface area contributed by atoms with Crippen LogP contribution in [0.25, 0.3) is 0 Å². The van der Waals surface area contributed by atoms with Crippen molar-refractivity contribution in [3.05, 3.63) is 34.9 Å². The third kappa shape index (κ3) is 2.08. The summed E-state index contributed by atoms with van der Waals surface area (Å²) in [5.41, 5.74) is 8.28. The van der Waals surface area contributed by atoms with Crippen molar-refractivity contribution in [1.82, 2.24) is 0 Å². The first-order valence-electron chi connectivity index (χ1n) is 5.16. The molecule has 0 saturated carbocycles. The standard InChI is InChI=1S/C13H13NO/c14-8-2-1-3-10-4-5-11-6-7-13(15)12(11)9-10/h4-5,9H,2,6-8,14H2. The monoisotopic (exact) mass is 199 g/mol. The number of carbonyl (C=O) groups excluding carboxylic acids is 1. The Morgan fingerprint density at radius 3 is 3.00 bits per heavy atom. The van der Waals surface area contributed by atoms with E-state index in [1.807, 2.05) is 18.2 Å². The molecular weight excluding hydrogens is 186 g/mol. The zero-order chi connectivity index (χ0) is 10.7. The van der Waals surface area contributed by atoms with Gasteiger partial charge in [-0.1, -0.05) is 17.9 Å². The van der Waals surface area contributed by atoms with Gasteiger partial charge in [0.25, 0.3) is 0 Å². The zero-order valence-corrected chi connectivity index (χ0v) is 8.55. The number of hydrogen-bond donors (Lipinski definition) is 1. The van der Waals surface area contributed by atoms with E-state index in [4.69, 9.17) is 5.73 Å². The van der Waals surface area contributed by atoms with Crippen LogP contribution in [-0.4, -0.2) is 12.3 Å². The van der Waals surface area contributed by atoms with Crippen LogP contribution in [0, 0.1) is 11.8 Å². The highest BCUT2D eigenvalue weighted by Gasteiger charge is 2.18. The molecule has 15 heavy (non-hydrogen) atoms. The van der Waals surface area contributed by atoms with Crippen LogP contribution in [0.4, 0.5) is 0 Å². The van der Waals surface area contributed by atoms with Crippen molar-refractivity contribution < 1.29 is 4.79 Å². The Morgan fingerprint density at radius 2 is 2.20 bits per heavy atom. The van der Waals surface area contributed by atoms with Gasteiger partial charge in [-0.2, -0.15) is 0 Å². The molecule has 76 valence electrons. The molecule has 0 amide bonds. The smallest absolute Gasteiger partial charge is 0.163 e. The first-order valence-corrected chi connectivity index (χ1v) is 5.16. The SMILES string of the molecule is NCCC#Cc1ccc2c(c1)C(=O)CC2. The van der Waals surface area contributed by atoms with Gasteiger partial charge in [0, 0.05) is 30.5 Å². The number of ketones is 1. The van der Waals surface area contributed by atoms with Crippen molar-refractivity contribution in [2.75, 3.05) is 6.54 Å². The molecule has 0 radical (unpaired) electrons. The van der Waals surface area contributed by atoms with Crippen LogP contribution in [0.2, 0.25) is 0 Å². The maximum Gasteiger partial charge on any atom is 0.163 e. The van der Waals surface area contributed by atoms with Crippen LogP contribution in [0.1, 0.15) is 34.3 Å². The lowest BCUT2D eigenvalue weighted by molar-refractivity contribution is 0.0994. The zero-order valence-electron chi connectivity index (χ0n) is 8.55. The molecule has 2 N–H and O–H groups in total. The summed E-state index contributed by atoms with van der Waals surface area (Å²) in [5.74, 6) is 6.23. The summed E-state index contributed by atoms with van der Waals surface area (Å²) in [5, 5.41) is 0. The average molecular weight is 199 g/mol. The highest BCUT2D eigenvalue weighted by Crippen LogP contribution is 2.22. The van der Waals surface area contributed by atoms with Crippen molar-refractivity contribution in [3.8, 4) is 11.8 Å². The Bertz CT molecular complexity index is 451. The van der Waals surface area contributed by atoms with Crippen LogP contribution in [0.3, 0.4) is 0 Å². The van der Waals surface area contributed by atoms with Crippen molar-refractivity contribution in [2.45, 2.75) is 19.3 Å². The summed E-state index contributed by atoms with van der Waals surface area (Å²) in [6, 6.07) is 5.88. The summed E-state index contributed by atoms with van der Waals surface area (Å²) in [4.78, 5) is 11.5. The predicted octanol–water partition coefficient (Wildman–Crippen LogP) is 1.52. The second-order valence-electron chi connectivity index (χ2n) is 3.64. The van der Waals surface area contributed by atoms with Gasteiger partial charge in [0.1, 0.15) is 0 Å². The van der Waals surface area contributed by atoms with Crippen LogP contribution in [0.5, 0.6) is 0 Å². The van der Waals surface area contributed by atoms with E-state index in [9.17, 15) is 4.79 Å². The van der Waals surface area contributed by atoms with Gasteiger partial charge in [0.15, 0.2) is 5.78 Å². The fourth-order valence-electron chi connectivity index (χ4n) is 1.75. The van der Waals surface area contributed by atoms with Gasteiger partial charge < -0.3 is 5.73 Å². The molecule has 0 bridgehead atoms. The highest BCUT2D eigenvalue weighted by molar-refractivity contribution is 6.00. The van der Waals surface area contributed by atoms with Crippen LogP contribution >= 0.6 is 0 Å². The molecule has 0 saturated heterocycles. The van der Waals surface area contributed by atoms with E-state index in [1.54, 1.807) is 0 Å². The molecule has 0 atom stereocenters. The van der Waals surface area contributed by atoms with Crippen LogP contribution < -0.4 is 5.73 Å². The lowest BCUT2D eigenvalue weighted by Crippen LogP contribution is -1.95. The lowest BCUT2D eigenvalue weighted by Gasteiger charge is -1.97. The summed E-state index contributed by atoms with van der Waals surface area (Å²) in [6.07, 6.45) is 2.23. The second-order valence-corrected chi connectivity index (χ2v) is 3.64. The molecule has 1 aliphatic carbocycles. The Morgan fingerprint density at radius 1 is 1.33 bits per heavy atom. The molecule has 0 fully saturated rings. The average Bonchev–Trinajstić information content (AvgIpc) is 2.61. The van der Waals surface area contributed by atoms with Gasteiger partial charge in [-0.05, 0) is 24.1 Å². The van der Waals surface area contributed by atoms with Crippen molar-refractivity contribution >= 4 is 5.78 Å². The number of carbonyl (C=O) groups is 1. The van der Waals surface area contributed by atoms with E-state index in [0.29, 0.717) is 19.4 Å². The van der Waals surface area contributed by atoms with E-state index in [0.717, 1.165) is 23.1 Å². The van der Waals surface area contributed by atoms with Crippen LogP contribution in [0.15, 0.2) is 18.2 Å². The molecule has 0 aliphatic heterocycles. The molecule has 2 rings (SSSR count).